The Bertz CT molecular complexity index is 1270. The van der Waals surface area contributed by atoms with Gasteiger partial charge in [0.1, 0.15) is 5.01 Å². The number of fused-ring (bicyclic) bond motifs is 1. The smallest absolute Gasteiger partial charge is 0.255 e. The van der Waals surface area contributed by atoms with Gasteiger partial charge in [0, 0.05) is 16.8 Å². The van der Waals surface area contributed by atoms with Crippen molar-refractivity contribution in [1.29, 1.82) is 0 Å². The van der Waals surface area contributed by atoms with Crippen molar-refractivity contribution in [3.63, 3.8) is 0 Å². The number of hydrogen-bond acceptors (Lipinski definition) is 6. The molecule has 0 atom stereocenters. The molecule has 0 aliphatic rings. The molecule has 0 unspecified atom stereocenters. The van der Waals surface area contributed by atoms with Gasteiger partial charge in [0.15, 0.2) is 18.1 Å². The highest BCUT2D eigenvalue weighted by molar-refractivity contribution is 7.21. The first-order chi connectivity index (χ1) is 15.4. The topological polar surface area (TPSA) is 104 Å². The number of nitrogens with zero attached hydrogens (tertiary/aromatic N) is 1. The third-order valence-corrected chi connectivity index (χ3v) is 5.90. The highest BCUT2D eigenvalue weighted by Crippen LogP contribution is 2.37. The lowest BCUT2D eigenvalue weighted by Crippen LogP contribution is -2.20. The summed E-state index contributed by atoms with van der Waals surface area (Å²) >= 11 is 7.83. The van der Waals surface area contributed by atoms with Crippen LogP contribution in [0.2, 0.25) is 5.02 Å². The second-order valence-electron chi connectivity index (χ2n) is 6.76. The summed E-state index contributed by atoms with van der Waals surface area (Å²) in [6, 6.07) is 18.3. The molecule has 4 rings (SSSR count). The molecule has 7 nitrogen and oxygen atoms in total. The Labute approximate surface area is 192 Å². The fourth-order valence-corrected chi connectivity index (χ4v) is 4.27. The molecule has 0 saturated heterocycles. The van der Waals surface area contributed by atoms with E-state index in [4.69, 9.17) is 26.8 Å². The molecular formula is C23H18ClN3O4S. The van der Waals surface area contributed by atoms with Crippen LogP contribution in [0.5, 0.6) is 11.5 Å². The summed E-state index contributed by atoms with van der Waals surface area (Å²) in [7, 11) is 1.41. The number of nitrogens with two attached hydrogens (primary N) is 1. The molecule has 0 aliphatic heterocycles. The number of hydrogen-bond donors (Lipinski definition) is 2. The Kier molecular flexibility index (Phi) is 6.25. The molecule has 3 aromatic carbocycles. The molecule has 0 fully saturated rings. The number of carbonyl (C=O) groups excluding carboxylic acids is 2. The summed E-state index contributed by atoms with van der Waals surface area (Å²) in [5.74, 6) is -0.668. The van der Waals surface area contributed by atoms with Crippen LogP contribution in [0.1, 0.15) is 10.4 Å². The van der Waals surface area contributed by atoms with E-state index in [-0.39, 0.29) is 34.6 Å². The van der Waals surface area contributed by atoms with Crippen molar-refractivity contribution in [3.05, 3.63) is 71.2 Å². The summed E-state index contributed by atoms with van der Waals surface area (Å²) in [4.78, 5) is 28.3. The van der Waals surface area contributed by atoms with Crippen LogP contribution in [0, 0.1) is 0 Å². The Morgan fingerprint density at radius 2 is 1.88 bits per heavy atom. The summed E-state index contributed by atoms with van der Waals surface area (Å²) in [5, 5.41) is 3.86. The van der Waals surface area contributed by atoms with Crippen LogP contribution in [-0.2, 0) is 4.79 Å². The molecule has 2 amide bonds. The predicted molar refractivity (Wildman–Crippen MR) is 126 cm³/mol. The lowest BCUT2D eigenvalue weighted by Gasteiger charge is -2.13. The maximum absolute atomic E-state index is 12.7. The van der Waals surface area contributed by atoms with Crippen LogP contribution in [0.15, 0.2) is 60.7 Å². The number of thiazole rings is 1. The molecule has 32 heavy (non-hydrogen) atoms. The molecule has 4 aromatic rings. The van der Waals surface area contributed by atoms with E-state index in [0.29, 0.717) is 5.69 Å². The SMILES string of the molecule is COc1cc(C(=O)Nc2ccc(-c3nc4ccccc4s3)cc2)cc(Cl)c1OCC(N)=O. The highest BCUT2D eigenvalue weighted by Gasteiger charge is 2.17. The van der Waals surface area contributed by atoms with Gasteiger partial charge in [-0.1, -0.05) is 23.7 Å². The first kappa shape index (κ1) is 21.6. The number of para-hydroxylation sites is 1. The summed E-state index contributed by atoms with van der Waals surface area (Å²) in [6.45, 7) is -0.359. The largest absolute Gasteiger partial charge is 0.493 e. The van der Waals surface area contributed by atoms with E-state index in [9.17, 15) is 9.59 Å². The number of rotatable bonds is 7. The Hall–Kier alpha value is -3.62. The number of methoxy groups -OCH3 is 1. The lowest BCUT2D eigenvalue weighted by atomic mass is 10.1. The number of primary amides is 1. The number of benzene rings is 3. The number of anilines is 1. The number of carbonyl (C=O) groups is 2. The average molecular weight is 468 g/mol. The molecule has 162 valence electrons. The zero-order valence-corrected chi connectivity index (χ0v) is 18.5. The number of amides is 2. The van der Waals surface area contributed by atoms with Crippen LogP contribution in [-0.4, -0.2) is 30.5 Å². The molecule has 3 N–H and O–H groups in total. The second-order valence-corrected chi connectivity index (χ2v) is 8.20. The standard InChI is InChI=1S/C23H18ClN3O4S/c1-30-18-11-14(10-16(24)21(18)31-12-20(25)28)22(29)26-15-8-6-13(7-9-15)23-27-17-4-2-3-5-19(17)32-23/h2-11H,12H2,1H3,(H2,25,28)(H,26,29). The zero-order valence-electron chi connectivity index (χ0n) is 16.9. The second kappa shape index (κ2) is 9.25. The molecule has 0 bridgehead atoms. The summed E-state index contributed by atoms with van der Waals surface area (Å²) in [5.41, 5.74) is 7.90. The van der Waals surface area contributed by atoms with E-state index in [1.165, 1.54) is 19.2 Å². The first-order valence-electron chi connectivity index (χ1n) is 9.50. The molecule has 9 heteroatoms. The van der Waals surface area contributed by atoms with Gasteiger partial charge in [-0.3, -0.25) is 9.59 Å². The molecule has 0 radical (unpaired) electrons. The van der Waals surface area contributed by atoms with Crippen LogP contribution in [0.25, 0.3) is 20.8 Å². The number of nitrogens with one attached hydrogen (secondary N) is 1. The van der Waals surface area contributed by atoms with Crippen LogP contribution < -0.4 is 20.5 Å². The minimum Gasteiger partial charge on any atom is -0.493 e. The van der Waals surface area contributed by atoms with E-state index in [2.05, 4.69) is 10.3 Å². The maximum Gasteiger partial charge on any atom is 0.255 e. The fourth-order valence-electron chi connectivity index (χ4n) is 3.03. The maximum atomic E-state index is 12.7. The van der Waals surface area contributed by atoms with Gasteiger partial charge in [-0.25, -0.2) is 4.98 Å². The number of halogens is 1. The molecule has 1 aromatic heterocycles. The van der Waals surface area contributed by atoms with Crippen molar-refractivity contribution in [2.24, 2.45) is 5.73 Å². The minimum absolute atomic E-state index is 0.127. The van der Waals surface area contributed by atoms with Crippen LogP contribution in [0.4, 0.5) is 5.69 Å². The third kappa shape index (κ3) is 4.66. The van der Waals surface area contributed by atoms with Crippen molar-refractivity contribution in [1.82, 2.24) is 4.98 Å². The van der Waals surface area contributed by atoms with Gasteiger partial charge in [-0.05, 0) is 48.5 Å². The van der Waals surface area contributed by atoms with Gasteiger partial charge in [0.2, 0.25) is 0 Å². The molecule has 0 saturated carbocycles. The monoisotopic (exact) mass is 467 g/mol. The van der Waals surface area contributed by atoms with E-state index >= 15 is 0 Å². The van der Waals surface area contributed by atoms with Crippen molar-refractivity contribution >= 4 is 50.7 Å². The normalized spacial score (nSPS) is 10.7. The van der Waals surface area contributed by atoms with E-state index in [1.807, 2.05) is 48.5 Å². The first-order valence-corrected chi connectivity index (χ1v) is 10.7. The van der Waals surface area contributed by atoms with Crippen molar-refractivity contribution in [2.75, 3.05) is 19.0 Å². The Morgan fingerprint density at radius 3 is 2.56 bits per heavy atom. The molecule has 1 heterocycles. The quantitative estimate of drug-likeness (QED) is 0.408. The summed E-state index contributed by atoms with van der Waals surface area (Å²) in [6.07, 6.45) is 0. The zero-order chi connectivity index (χ0) is 22.7. The van der Waals surface area contributed by atoms with Crippen LogP contribution >= 0.6 is 22.9 Å². The minimum atomic E-state index is -0.653. The van der Waals surface area contributed by atoms with Gasteiger partial charge in [0.05, 0.1) is 22.3 Å². The van der Waals surface area contributed by atoms with E-state index in [0.717, 1.165) is 20.8 Å². The molecule has 0 spiro atoms. The average Bonchev–Trinajstić information content (AvgIpc) is 3.22. The predicted octanol–water partition coefficient (Wildman–Crippen LogP) is 4.74. The van der Waals surface area contributed by atoms with Gasteiger partial charge in [-0.2, -0.15) is 0 Å². The summed E-state index contributed by atoms with van der Waals surface area (Å²) < 4.78 is 11.6. The van der Waals surface area contributed by atoms with Gasteiger partial charge in [0.25, 0.3) is 11.8 Å². The number of ether oxygens (including phenoxy) is 2. The number of aromatic nitrogens is 1. The lowest BCUT2D eigenvalue weighted by molar-refractivity contribution is -0.119. The van der Waals surface area contributed by atoms with E-state index < -0.39 is 5.91 Å². The van der Waals surface area contributed by atoms with Crippen molar-refractivity contribution in [2.45, 2.75) is 0 Å². The van der Waals surface area contributed by atoms with Gasteiger partial charge in [-0.15, -0.1) is 11.3 Å². The van der Waals surface area contributed by atoms with Crippen molar-refractivity contribution < 1.29 is 19.1 Å². The highest BCUT2D eigenvalue weighted by atomic mass is 35.5. The van der Waals surface area contributed by atoms with Crippen molar-refractivity contribution in [3.8, 4) is 22.1 Å². The Morgan fingerprint density at radius 1 is 1.12 bits per heavy atom. The molecular weight excluding hydrogens is 450 g/mol. The fraction of sp³-hybridized carbons (Fsp3) is 0.0870. The third-order valence-electron chi connectivity index (χ3n) is 4.53. The van der Waals surface area contributed by atoms with Crippen LogP contribution in [0.3, 0.4) is 0 Å². The van der Waals surface area contributed by atoms with Gasteiger partial charge >= 0.3 is 0 Å². The molecule has 0 aliphatic carbocycles. The van der Waals surface area contributed by atoms with Gasteiger partial charge < -0.3 is 20.5 Å². The van der Waals surface area contributed by atoms with E-state index in [1.54, 1.807) is 11.3 Å². The Balaban J connectivity index is 1.51.